The number of aliphatic hydroxyl groups excluding tert-OH is 1. The van der Waals surface area contributed by atoms with Crippen LogP contribution in [0.5, 0.6) is 0 Å². The summed E-state index contributed by atoms with van der Waals surface area (Å²) >= 11 is 0. The molecule has 3 heteroatoms. The topological polar surface area (TPSA) is 46.5 Å². The molecule has 0 saturated carbocycles. The zero-order valence-corrected chi connectivity index (χ0v) is 7.72. The van der Waals surface area contributed by atoms with E-state index in [0.717, 1.165) is 5.56 Å². The molecule has 2 rings (SSSR count). The molecule has 1 heterocycles. The standard InChI is InChI=1S/C11H12O3/c12-10-6-9(7-11(13)14-10)8-4-2-1-3-5-8/h1-5,9-10,12H,6-7H2. The molecule has 0 radical (unpaired) electrons. The van der Waals surface area contributed by atoms with Crippen molar-refractivity contribution in [3.8, 4) is 0 Å². The summed E-state index contributed by atoms with van der Waals surface area (Å²) in [5.74, 6) is -0.231. The van der Waals surface area contributed by atoms with E-state index in [1.807, 2.05) is 30.3 Å². The van der Waals surface area contributed by atoms with E-state index < -0.39 is 6.29 Å². The van der Waals surface area contributed by atoms with Crippen LogP contribution >= 0.6 is 0 Å². The minimum atomic E-state index is -0.943. The van der Waals surface area contributed by atoms with Crippen LogP contribution in [-0.2, 0) is 9.53 Å². The Bertz CT molecular complexity index is 321. The third kappa shape index (κ3) is 1.93. The third-order valence-corrected chi connectivity index (χ3v) is 2.44. The zero-order valence-electron chi connectivity index (χ0n) is 7.72. The molecule has 2 atom stereocenters. The summed E-state index contributed by atoms with van der Waals surface area (Å²) in [6.45, 7) is 0. The van der Waals surface area contributed by atoms with E-state index in [1.54, 1.807) is 0 Å². The highest BCUT2D eigenvalue weighted by molar-refractivity contribution is 5.71. The first-order chi connectivity index (χ1) is 6.75. The van der Waals surface area contributed by atoms with Gasteiger partial charge >= 0.3 is 5.97 Å². The summed E-state index contributed by atoms with van der Waals surface area (Å²) < 4.78 is 4.65. The first-order valence-electron chi connectivity index (χ1n) is 4.68. The SMILES string of the molecule is O=C1CC(c2ccccc2)CC(O)O1. The Hall–Kier alpha value is -1.35. The van der Waals surface area contributed by atoms with Crippen molar-refractivity contribution in [2.75, 3.05) is 0 Å². The van der Waals surface area contributed by atoms with Gasteiger partial charge in [-0.1, -0.05) is 30.3 Å². The van der Waals surface area contributed by atoms with Gasteiger partial charge in [0.25, 0.3) is 0 Å². The molecule has 1 saturated heterocycles. The molecule has 0 aliphatic carbocycles. The Kier molecular flexibility index (Phi) is 2.50. The highest BCUT2D eigenvalue weighted by Gasteiger charge is 2.27. The molecule has 1 aliphatic heterocycles. The lowest BCUT2D eigenvalue weighted by Crippen LogP contribution is -2.28. The molecular weight excluding hydrogens is 180 g/mol. The fraction of sp³-hybridized carbons (Fsp3) is 0.364. The highest BCUT2D eigenvalue weighted by atomic mass is 16.6. The summed E-state index contributed by atoms with van der Waals surface area (Å²) in [7, 11) is 0. The highest BCUT2D eigenvalue weighted by Crippen LogP contribution is 2.29. The van der Waals surface area contributed by atoms with Crippen molar-refractivity contribution in [2.45, 2.75) is 25.0 Å². The van der Waals surface area contributed by atoms with E-state index in [9.17, 15) is 9.90 Å². The average Bonchev–Trinajstić information content (AvgIpc) is 2.18. The number of esters is 1. The molecule has 1 fully saturated rings. The Morgan fingerprint density at radius 2 is 2.00 bits per heavy atom. The Labute approximate surface area is 82.3 Å². The van der Waals surface area contributed by atoms with Crippen molar-refractivity contribution in [2.24, 2.45) is 0 Å². The van der Waals surface area contributed by atoms with Crippen LogP contribution in [0.15, 0.2) is 30.3 Å². The van der Waals surface area contributed by atoms with Crippen LogP contribution in [0.25, 0.3) is 0 Å². The average molecular weight is 192 g/mol. The number of hydrogen-bond donors (Lipinski definition) is 1. The number of ether oxygens (including phenoxy) is 1. The minimum Gasteiger partial charge on any atom is -0.436 e. The van der Waals surface area contributed by atoms with Crippen molar-refractivity contribution >= 4 is 5.97 Å². The smallest absolute Gasteiger partial charge is 0.308 e. The monoisotopic (exact) mass is 192 g/mol. The van der Waals surface area contributed by atoms with Gasteiger partial charge in [-0.3, -0.25) is 4.79 Å². The fourth-order valence-corrected chi connectivity index (χ4v) is 1.76. The molecule has 0 bridgehead atoms. The molecule has 1 aromatic carbocycles. The number of carbonyl (C=O) groups excluding carboxylic acids is 1. The minimum absolute atomic E-state index is 0.0902. The van der Waals surface area contributed by atoms with Gasteiger partial charge in [0.15, 0.2) is 0 Å². The predicted molar refractivity (Wildman–Crippen MR) is 50.5 cm³/mol. The normalized spacial score (nSPS) is 27.1. The zero-order chi connectivity index (χ0) is 9.97. The number of hydrogen-bond acceptors (Lipinski definition) is 3. The molecule has 2 unspecified atom stereocenters. The summed E-state index contributed by atoms with van der Waals surface area (Å²) in [5, 5.41) is 9.27. The Morgan fingerprint density at radius 3 is 2.64 bits per heavy atom. The van der Waals surface area contributed by atoms with Crippen LogP contribution in [0, 0.1) is 0 Å². The molecular formula is C11H12O3. The lowest BCUT2D eigenvalue weighted by molar-refractivity contribution is -0.177. The maximum atomic E-state index is 11.1. The summed E-state index contributed by atoms with van der Waals surface area (Å²) in [4.78, 5) is 11.1. The lowest BCUT2D eigenvalue weighted by atomic mass is 9.91. The van der Waals surface area contributed by atoms with Crippen LogP contribution in [0.3, 0.4) is 0 Å². The number of aliphatic hydroxyl groups is 1. The molecule has 3 nitrogen and oxygen atoms in total. The first kappa shape index (κ1) is 9.21. The van der Waals surface area contributed by atoms with Crippen molar-refractivity contribution in [1.29, 1.82) is 0 Å². The maximum absolute atomic E-state index is 11.1. The van der Waals surface area contributed by atoms with Crippen LogP contribution in [0.2, 0.25) is 0 Å². The van der Waals surface area contributed by atoms with E-state index in [0.29, 0.717) is 12.8 Å². The molecule has 0 spiro atoms. The second kappa shape index (κ2) is 3.80. The summed E-state index contributed by atoms with van der Waals surface area (Å²) in [6, 6.07) is 9.73. The number of rotatable bonds is 1. The molecule has 1 aromatic rings. The molecule has 74 valence electrons. The van der Waals surface area contributed by atoms with Crippen molar-refractivity contribution in [3.05, 3.63) is 35.9 Å². The number of benzene rings is 1. The van der Waals surface area contributed by atoms with Crippen LogP contribution in [0.4, 0.5) is 0 Å². The largest absolute Gasteiger partial charge is 0.436 e. The Morgan fingerprint density at radius 1 is 1.29 bits per heavy atom. The van der Waals surface area contributed by atoms with E-state index >= 15 is 0 Å². The second-order valence-electron chi connectivity index (χ2n) is 3.49. The van der Waals surface area contributed by atoms with Crippen LogP contribution in [-0.4, -0.2) is 17.4 Å². The molecule has 0 amide bonds. The fourth-order valence-electron chi connectivity index (χ4n) is 1.76. The number of carbonyl (C=O) groups is 1. The molecule has 14 heavy (non-hydrogen) atoms. The van der Waals surface area contributed by atoms with E-state index in [4.69, 9.17) is 0 Å². The quantitative estimate of drug-likeness (QED) is 0.684. The maximum Gasteiger partial charge on any atom is 0.308 e. The van der Waals surface area contributed by atoms with Gasteiger partial charge in [-0.15, -0.1) is 0 Å². The first-order valence-corrected chi connectivity index (χ1v) is 4.68. The summed E-state index contributed by atoms with van der Waals surface area (Å²) in [6.07, 6.45) is -0.0851. The van der Waals surface area contributed by atoms with Gasteiger partial charge in [0.1, 0.15) is 0 Å². The van der Waals surface area contributed by atoms with Gasteiger partial charge in [0, 0.05) is 12.3 Å². The molecule has 1 aliphatic rings. The van der Waals surface area contributed by atoms with E-state index in [-0.39, 0.29) is 11.9 Å². The van der Waals surface area contributed by atoms with Gasteiger partial charge in [-0.2, -0.15) is 0 Å². The van der Waals surface area contributed by atoms with Gasteiger partial charge in [0.2, 0.25) is 6.29 Å². The van der Waals surface area contributed by atoms with Gasteiger partial charge in [-0.05, 0) is 5.56 Å². The Balaban J connectivity index is 2.15. The van der Waals surface area contributed by atoms with Gasteiger partial charge < -0.3 is 9.84 Å². The van der Waals surface area contributed by atoms with E-state index in [1.165, 1.54) is 0 Å². The van der Waals surface area contributed by atoms with Crippen LogP contribution < -0.4 is 0 Å². The molecule has 0 aromatic heterocycles. The van der Waals surface area contributed by atoms with Crippen molar-refractivity contribution in [1.82, 2.24) is 0 Å². The lowest BCUT2D eigenvalue weighted by Gasteiger charge is -2.25. The summed E-state index contributed by atoms with van der Waals surface area (Å²) in [5.41, 5.74) is 1.09. The van der Waals surface area contributed by atoms with Gasteiger partial charge in [-0.25, -0.2) is 0 Å². The van der Waals surface area contributed by atoms with E-state index in [2.05, 4.69) is 4.74 Å². The molecule has 1 N–H and O–H groups in total. The van der Waals surface area contributed by atoms with Gasteiger partial charge in [0.05, 0.1) is 6.42 Å². The third-order valence-electron chi connectivity index (χ3n) is 2.44. The second-order valence-corrected chi connectivity index (χ2v) is 3.49. The van der Waals surface area contributed by atoms with Crippen molar-refractivity contribution < 1.29 is 14.6 Å². The van der Waals surface area contributed by atoms with Crippen molar-refractivity contribution in [3.63, 3.8) is 0 Å². The predicted octanol–water partition coefficient (Wildman–Crippen LogP) is 1.43. The number of cyclic esters (lactones) is 1. The van der Waals surface area contributed by atoms with Crippen LogP contribution in [0.1, 0.15) is 24.3 Å².